The van der Waals surface area contributed by atoms with E-state index in [0.717, 1.165) is 12.8 Å². The molecule has 3 rings (SSSR count). The summed E-state index contributed by atoms with van der Waals surface area (Å²) >= 11 is 0. The van der Waals surface area contributed by atoms with Gasteiger partial charge in [0.1, 0.15) is 0 Å². The van der Waals surface area contributed by atoms with Crippen molar-refractivity contribution in [2.24, 2.45) is 12.8 Å². The zero-order chi connectivity index (χ0) is 12.0. The Morgan fingerprint density at radius 3 is 2.82 bits per heavy atom. The Kier molecular flexibility index (Phi) is 2.30. The smallest absolute Gasteiger partial charge is 0.0480 e. The first-order valence-electron chi connectivity index (χ1n) is 6.41. The van der Waals surface area contributed by atoms with Crippen LogP contribution in [0.15, 0.2) is 24.4 Å². The fourth-order valence-corrected chi connectivity index (χ4v) is 2.60. The fourth-order valence-electron chi connectivity index (χ4n) is 2.60. The molecule has 17 heavy (non-hydrogen) atoms. The Labute approximate surface area is 102 Å². The van der Waals surface area contributed by atoms with Gasteiger partial charge < -0.3 is 10.3 Å². The summed E-state index contributed by atoms with van der Waals surface area (Å²) in [6.45, 7) is 2.18. The number of fused-ring (bicyclic) bond motifs is 1. The highest BCUT2D eigenvalue weighted by Gasteiger charge is 2.37. The minimum absolute atomic E-state index is 0.167. The molecule has 0 atom stereocenters. The molecule has 1 heterocycles. The largest absolute Gasteiger partial charge is 0.350 e. The molecule has 0 saturated heterocycles. The Bertz CT molecular complexity index is 562. The molecule has 1 aromatic heterocycles. The molecule has 1 aromatic carbocycles. The first-order chi connectivity index (χ1) is 8.07. The number of hydrogen-bond acceptors (Lipinski definition) is 1. The monoisotopic (exact) mass is 228 g/mol. The van der Waals surface area contributed by atoms with Crippen LogP contribution in [-0.4, -0.2) is 10.1 Å². The summed E-state index contributed by atoms with van der Waals surface area (Å²) in [6, 6.07) is 6.80. The van der Waals surface area contributed by atoms with Crippen LogP contribution in [-0.2, 0) is 13.5 Å². The quantitative estimate of drug-likeness (QED) is 0.860. The Morgan fingerprint density at radius 2 is 2.12 bits per heavy atom. The van der Waals surface area contributed by atoms with E-state index in [0.29, 0.717) is 0 Å². The van der Waals surface area contributed by atoms with Gasteiger partial charge in [0.2, 0.25) is 0 Å². The molecule has 0 aliphatic heterocycles. The lowest BCUT2D eigenvalue weighted by Gasteiger charge is -2.08. The summed E-state index contributed by atoms with van der Waals surface area (Å²) in [5, 5.41) is 1.38. The van der Waals surface area contributed by atoms with E-state index in [2.05, 4.69) is 42.9 Å². The molecule has 1 fully saturated rings. The fraction of sp³-hybridized carbons (Fsp3) is 0.467. The highest BCUT2D eigenvalue weighted by Crippen LogP contribution is 2.36. The second-order valence-corrected chi connectivity index (χ2v) is 5.64. The minimum Gasteiger partial charge on any atom is -0.350 e. The summed E-state index contributed by atoms with van der Waals surface area (Å²) < 4.78 is 2.19. The lowest BCUT2D eigenvalue weighted by Crippen LogP contribution is -2.22. The summed E-state index contributed by atoms with van der Waals surface area (Å²) in [6.07, 6.45) is 6.85. The van der Waals surface area contributed by atoms with Crippen LogP contribution < -0.4 is 5.73 Å². The standard InChI is InChI=1S/C15H20N2/c1-11-10-17(2)14-4-3-12(9-13(11)14)5-6-15(16)7-8-15/h3-4,9-10H,5-8,16H2,1-2H3. The summed E-state index contributed by atoms with van der Waals surface area (Å²) in [7, 11) is 2.11. The van der Waals surface area contributed by atoms with Crippen LogP contribution in [0.2, 0.25) is 0 Å². The third kappa shape index (κ3) is 1.98. The van der Waals surface area contributed by atoms with Gasteiger partial charge in [-0.3, -0.25) is 0 Å². The molecule has 2 heteroatoms. The second kappa shape index (κ2) is 3.61. The van der Waals surface area contributed by atoms with Crippen LogP contribution >= 0.6 is 0 Å². The lowest BCUT2D eigenvalue weighted by atomic mass is 10.0. The van der Waals surface area contributed by atoms with E-state index in [1.807, 2.05) is 0 Å². The zero-order valence-corrected chi connectivity index (χ0v) is 10.7. The highest BCUT2D eigenvalue weighted by molar-refractivity contribution is 5.84. The van der Waals surface area contributed by atoms with Gasteiger partial charge in [-0.1, -0.05) is 6.07 Å². The van der Waals surface area contributed by atoms with Crippen LogP contribution in [0.1, 0.15) is 30.4 Å². The van der Waals surface area contributed by atoms with Gasteiger partial charge in [-0.25, -0.2) is 0 Å². The van der Waals surface area contributed by atoms with E-state index >= 15 is 0 Å². The predicted octanol–water partition coefficient (Wildman–Crippen LogP) is 2.91. The molecule has 1 saturated carbocycles. The molecule has 0 radical (unpaired) electrons. The summed E-state index contributed by atoms with van der Waals surface area (Å²) in [4.78, 5) is 0. The third-order valence-electron chi connectivity index (χ3n) is 4.06. The predicted molar refractivity (Wildman–Crippen MR) is 72.1 cm³/mol. The maximum absolute atomic E-state index is 6.14. The van der Waals surface area contributed by atoms with E-state index in [1.54, 1.807) is 0 Å². The first-order valence-corrected chi connectivity index (χ1v) is 6.41. The molecule has 0 spiro atoms. The van der Waals surface area contributed by atoms with Gasteiger partial charge in [-0.2, -0.15) is 0 Å². The van der Waals surface area contributed by atoms with E-state index in [1.165, 1.54) is 34.9 Å². The van der Waals surface area contributed by atoms with E-state index in [9.17, 15) is 0 Å². The topological polar surface area (TPSA) is 30.9 Å². The molecule has 1 aliphatic carbocycles. The molecule has 90 valence electrons. The second-order valence-electron chi connectivity index (χ2n) is 5.64. The van der Waals surface area contributed by atoms with Crippen molar-refractivity contribution in [1.82, 2.24) is 4.57 Å². The SMILES string of the molecule is Cc1cn(C)c2ccc(CCC3(N)CC3)cc12. The molecule has 2 nitrogen and oxygen atoms in total. The zero-order valence-electron chi connectivity index (χ0n) is 10.7. The molecule has 2 N–H and O–H groups in total. The first kappa shape index (κ1) is 10.8. The Balaban J connectivity index is 1.88. The number of nitrogens with zero attached hydrogens (tertiary/aromatic N) is 1. The summed E-state index contributed by atoms with van der Waals surface area (Å²) in [5.74, 6) is 0. The van der Waals surface area contributed by atoms with Gasteiger partial charge in [-0.15, -0.1) is 0 Å². The molecule has 0 bridgehead atoms. The number of hydrogen-bond donors (Lipinski definition) is 1. The Hall–Kier alpha value is -1.28. The van der Waals surface area contributed by atoms with Crippen molar-refractivity contribution >= 4 is 10.9 Å². The van der Waals surface area contributed by atoms with Crippen molar-refractivity contribution in [1.29, 1.82) is 0 Å². The van der Waals surface area contributed by atoms with Crippen molar-refractivity contribution in [3.63, 3.8) is 0 Å². The average Bonchev–Trinajstić information content (AvgIpc) is 2.98. The van der Waals surface area contributed by atoms with E-state index < -0.39 is 0 Å². The van der Waals surface area contributed by atoms with Crippen LogP contribution in [0, 0.1) is 6.92 Å². The van der Waals surface area contributed by atoms with E-state index in [4.69, 9.17) is 5.73 Å². The van der Waals surface area contributed by atoms with Crippen molar-refractivity contribution in [3.8, 4) is 0 Å². The van der Waals surface area contributed by atoms with Crippen LogP contribution in [0.4, 0.5) is 0 Å². The van der Waals surface area contributed by atoms with Gasteiger partial charge in [0.15, 0.2) is 0 Å². The Morgan fingerprint density at radius 1 is 1.35 bits per heavy atom. The van der Waals surface area contributed by atoms with E-state index in [-0.39, 0.29) is 5.54 Å². The van der Waals surface area contributed by atoms with Gasteiger partial charge in [0.25, 0.3) is 0 Å². The average molecular weight is 228 g/mol. The van der Waals surface area contributed by atoms with Crippen molar-refractivity contribution in [3.05, 3.63) is 35.5 Å². The summed E-state index contributed by atoms with van der Waals surface area (Å²) in [5.41, 5.74) is 10.4. The van der Waals surface area contributed by atoms with Gasteiger partial charge in [-0.05, 0) is 55.9 Å². The number of aromatic nitrogens is 1. The normalized spacial score (nSPS) is 17.6. The van der Waals surface area contributed by atoms with Crippen molar-refractivity contribution in [2.45, 2.75) is 38.1 Å². The van der Waals surface area contributed by atoms with Crippen LogP contribution in [0.5, 0.6) is 0 Å². The van der Waals surface area contributed by atoms with Gasteiger partial charge in [0.05, 0.1) is 0 Å². The minimum atomic E-state index is 0.167. The maximum Gasteiger partial charge on any atom is 0.0480 e. The molecule has 0 amide bonds. The van der Waals surface area contributed by atoms with Crippen molar-refractivity contribution in [2.75, 3.05) is 0 Å². The molecule has 2 aromatic rings. The number of nitrogens with two attached hydrogens (primary N) is 1. The molecule has 1 aliphatic rings. The molecular formula is C15H20N2. The number of rotatable bonds is 3. The molecular weight excluding hydrogens is 208 g/mol. The number of benzene rings is 1. The van der Waals surface area contributed by atoms with Gasteiger partial charge >= 0.3 is 0 Å². The number of aryl methyl sites for hydroxylation is 3. The van der Waals surface area contributed by atoms with Crippen molar-refractivity contribution < 1.29 is 0 Å². The van der Waals surface area contributed by atoms with Crippen LogP contribution in [0.3, 0.4) is 0 Å². The maximum atomic E-state index is 6.14. The molecule has 0 unspecified atom stereocenters. The van der Waals surface area contributed by atoms with Gasteiger partial charge in [0, 0.05) is 29.7 Å². The third-order valence-corrected chi connectivity index (χ3v) is 4.06. The lowest BCUT2D eigenvalue weighted by molar-refractivity contribution is 0.609. The highest BCUT2D eigenvalue weighted by atomic mass is 14.9. The van der Waals surface area contributed by atoms with Crippen LogP contribution in [0.25, 0.3) is 10.9 Å².